The third-order valence-corrected chi connectivity index (χ3v) is 2.09. The summed E-state index contributed by atoms with van der Waals surface area (Å²) in [6, 6.07) is 3.33. The van der Waals surface area contributed by atoms with Crippen molar-refractivity contribution < 1.29 is 9.90 Å². The molecule has 0 atom stereocenters. The van der Waals surface area contributed by atoms with Crippen LogP contribution in [0.2, 0.25) is 0 Å². The highest BCUT2D eigenvalue weighted by molar-refractivity contribution is 5.92. The summed E-state index contributed by atoms with van der Waals surface area (Å²) in [5, 5.41) is 11.4. The van der Waals surface area contributed by atoms with Crippen molar-refractivity contribution in [3.8, 4) is 11.8 Å². The summed E-state index contributed by atoms with van der Waals surface area (Å²) >= 11 is 0. The van der Waals surface area contributed by atoms with Crippen LogP contribution in [-0.4, -0.2) is 29.1 Å². The van der Waals surface area contributed by atoms with E-state index in [0.717, 1.165) is 0 Å². The quantitative estimate of drug-likeness (QED) is 0.771. The standard InChI is InChI=1S/C14H18N2O2/c1-14(2,3)10-16-13(18)12-7-6-11(9-15-12)5-4-8-17/h6-7,9,17H,8,10H2,1-3H3,(H,16,18). The molecule has 4 nitrogen and oxygen atoms in total. The minimum Gasteiger partial charge on any atom is -0.384 e. The average Bonchev–Trinajstić information content (AvgIpc) is 2.33. The van der Waals surface area contributed by atoms with E-state index in [4.69, 9.17) is 5.11 Å². The van der Waals surface area contributed by atoms with E-state index in [1.807, 2.05) is 20.8 Å². The SMILES string of the molecule is CC(C)(C)CNC(=O)c1ccc(C#CCO)cn1. The van der Waals surface area contributed by atoms with E-state index in [2.05, 4.69) is 22.1 Å². The Morgan fingerprint density at radius 3 is 2.67 bits per heavy atom. The first-order valence-electron chi connectivity index (χ1n) is 5.76. The molecule has 2 N–H and O–H groups in total. The summed E-state index contributed by atoms with van der Waals surface area (Å²) in [6.07, 6.45) is 1.52. The van der Waals surface area contributed by atoms with E-state index < -0.39 is 0 Å². The number of aliphatic hydroxyl groups is 1. The molecule has 0 spiro atoms. The van der Waals surface area contributed by atoms with E-state index in [0.29, 0.717) is 17.8 Å². The summed E-state index contributed by atoms with van der Waals surface area (Å²) in [4.78, 5) is 15.8. The number of pyridine rings is 1. The molecule has 0 unspecified atom stereocenters. The Labute approximate surface area is 107 Å². The van der Waals surface area contributed by atoms with Gasteiger partial charge in [0, 0.05) is 18.3 Å². The number of nitrogens with one attached hydrogen (secondary N) is 1. The number of carbonyl (C=O) groups excluding carboxylic acids is 1. The lowest BCUT2D eigenvalue weighted by Gasteiger charge is -2.18. The molecule has 0 aromatic carbocycles. The van der Waals surface area contributed by atoms with Gasteiger partial charge in [-0.25, -0.2) is 4.98 Å². The van der Waals surface area contributed by atoms with Gasteiger partial charge in [-0.15, -0.1) is 0 Å². The van der Waals surface area contributed by atoms with Gasteiger partial charge in [0.1, 0.15) is 12.3 Å². The minimum atomic E-state index is -0.188. The number of amides is 1. The van der Waals surface area contributed by atoms with Crippen LogP contribution in [0.4, 0.5) is 0 Å². The molecule has 1 aromatic heterocycles. The topological polar surface area (TPSA) is 62.2 Å². The predicted molar refractivity (Wildman–Crippen MR) is 70.0 cm³/mol. The van der Waals surface area contributed by atoms with E-state index in [-0.39, 0.29) is 17.9 Å². The second-order valence-electron chi connectivity index (χ2n) is 5.14. The van der Waals surface area contributed by atoms with Gasteiger partial charge in [0.05, 0.1) is 0 Å². The van der Waals surface area contributed by atoms with Gasteiger partial charge < -0.3 is 10.4 Å². The van der Waals surface area contributed by atoms with Gasteiger partial charge in [-0.1, -0.05) is 32.6 Å². The van der Waals surface area contributed by atoms with Gasteiger partial charge in [-0.2, -0.15) is 0 Å². The Morgan fingerprint density at radius 2 is 2.17 bits per heavy atom. The van der Waals surface area contributed by atoms with Crippen LogP contribution >= 0.6 is 0 Å². The number of aromatic nitrogens is 1. The van der Waals surface area contributed by atoms with Gasteiger partial charge in [0.2, 0.25) is 0 Å². The maximum absolute atomic E-state index is 11.8. The summed E-state index contributed by atoms with van der Waals surface area (Å²) in [5.41, 5.74) is 1.09. The molecular formula is C14H18N2O2. The van der Waals surface area contributed by atoms with E-state index in [1.54, 1.807) is 12.1 Å². The zero-order valence-electron chi connectivity index (χ0n) is 10.9. The maximum Gasteiger partial charge on any atom is 0.269 e. The maximum atomic E-state index is 11.8. The fourth-order valence-electron chi connectivity index (χ4n) is 1.18. The molecule has 0 fully saturated rings. The number of nitrogens with zero attached hydrogens (tertiary/aromatic N) is 1. The molecule has 1 amide bonds. The molecule has 0 saturated carbocycles. The molecule has 1 rings (SSSR count). The van der Waals surface area contributed by atoms with Crippen LogP contribution < -0.4 is 5.32 Å². The van der Waals surface area contributed by atoms with E-state index in [1.165, 1.54) is 6.20 Å². The smallest absolute Gasteiger partial charge is 0.269 e. The number of hydrogen-bond donors (Lipinski definition) is 2. The van der Waals surface area contributed by atoms with Gasteiger partial charge in [-0.05, 0) is 17.5 Å². The molecule has 0 bridgehead atoms. The zero-order valence-corrected chi connectivity index (χ0v) is 10.9. The molecule has 4 heteroatoms. The summed E-state index contributed by atoms with van der Waals surface area (Å²) in [5.74, 6) is 5.06. The largest absolute Gasteiger partial charge is 0.384 e. The first-order valence-corrected chi connectivity index (χ1v) is 5.76. The van der Waals surface area contributed by atoms with Crippen molar-refractivity contribution in [3.63, 3.8) is 0 Å². The zero-order chi connectivity index (χ0) is 13.6. The summed E-state index contributed by atoms with van der Waals surface area (Å²) in [7, 11) is 0. The van der Waals surface area contributed by atoms with Crippen LogP contribution in [-0.2, 0) is 0 Å². The van der Waals surface area contributed by atoms with Crippen molar-refractivity contribution in [2.45, 2.75) is 20.8 Å². The Kier molecular flexibility index (Phi) is 4.87. The number of rotatable bonds is 2. The molecular weight excluding hydrogens is 228 g/mol. The normalized spacial score (nSPS) is 10.4. The molecule has 1 aromatic rings. The molecule has 18 heavy (non-hydrogen) atoms. The summed E-state index contributed by atoms with van der Waals surface area (Å²) < 4.78 is 0. The molecule has 96 valence electrons. The van der Waals surface area contributed by atoms with Crippen molar-refractivity contribution >= 4 is 5.91 Å². The van der Waals surface area contributed by atoms with Crippen LogP contribution in [0.15, 0.2) is 18.3 Å². The fourth-order valence-corrected chi connectivity index (χ4v) is 1.18. The van der Waals surface area contributed by atoms with Crippen LogP contribution in [0, 0.1) is 17.3 Å². The molecule has 0 aliphatic heterocycles. The highest BCUT2D eigenvalue weighted by Crippen LogP contribution is 2.10. The molecule has 0 aliphatic carbocycles. The van der Waals surface area contributed by atoms with Crippen LogP contribution in [0.5, 0.6) is 0 Å². The van der Waals surface area contributed by atoms with Crippen LogP contribution in [0.1, 0.15) is 36.8 Å². The van der Waals surface area contributed by atoms with Gasteiger partial charge >= 0.3 is 0 Å². The second-order valence-corrected chi connectivity index (χ2v) is 5.14. The lowest BCUT2D eigenvalue weighted by Crippen LogP contribution is -2.32. The average molecular weight is 246 g/mol. The van der Waals surface area contributed by atoms with Gasteiger partial charge in [0.25, 0.3) is 5.91 Å². The number of hydrogen-bond acceptors (Lipinski definition) is 3. The van der Waals surface area contributed by atoms with Crippen molar-refractivity contribution in [2.75, 3.05) is 13.2 Å². The van der Waals surface area contributed by atoms with E-state index in [9.17, 15) is 4.79 Å². The fraction of sp³-hybridized carbons (Fsp3) is 0.429. The van der Waals surface area contributed by atoms with Gasteiger partial charge in [-0.3, -0.25) is 4.79 Å². The number of aliphatic hydroxyl groups excluding tert-OH is 1. The molecule has 0 radical (unpaired) electrons. The van der Waals surface area contributed by atoms with Crippen LogP contribution in [0.25, 0.3) is 0 Å². The monoisotopic (exact) mass is 246 g/mol. The second kappa shape index (κ2) is 6.18. The molecule has 0 aliphatic rings. The molecule has 1 heterocycles. The Balaban J connectivity index is 2.65. The van der Waals surface area contributed by atoms with E-state index >= 15 is 0 Å². The number of carbonyl (C=O) groups is 1. The van der Waals surface area contributed by atoms with Crippen LogP contribution in [0.3, 0.4) is 0 Å². The lowest BCUT2D eigenvalue weighted by atomic mass is 9.97. The highest BCUT2D eigenvalue weighted by atomic mass is 16.2. The molecule has 0 saturated heterocycles. The van der Waals surface area contributed by atoms with Crippen molar-refractivity contribution in [1.82, 2.24) is 10.3 Å². The minimum absolute atomic E-state index is 0.0439. The van der Waals surface area contributed by atoms with Crippen molar-refractivity contribution in [3.05, 3.63) is 29.6 Å². The van der Waals surface area contributed by atoms with Crippen molar-refractivity contribution in [1.29, 1.82) is 0 Å². The summed E-state index contributed by atoms with van der Waals surface area (Å²) in [6.45, 7) is 6.56. The third-order valence-electron chi connectivity index (χ3n) is 2.09. The predicted octanol–water partition coefficient (Wildman–Crippen LogP) is 1.20. The van der Waals surface area contributed by atoms with Crippen molar-refractivity contribution in [2.24, 2.45) is 5.41 Å². The van der Waals surface area contributed by atoms with Gasteiger partial charge in [0.15, 0.2) is 0 Å². The first kappa shape index (κ1) is 14.2. The third kappa shape index (κ3) is 4.98. The Hall–Kier alpha value is -1.86. The lowest BCUT2D eigenvalue weighted by molar-refractivity contribution is 0.0934. The Bertz CT molecular complexity index is 461. The Morgan fingerprint density at radius 1 is 1.44 bits per heavy atom. The highest BCUT2D eigenvalue weighted by Gasteiger charge is 2.13. The first-order chi connectivity index (χ1) is 8.42.